The standard InChI is InChI=1S/C23H27F2NO3/c1-22(2,3)29-21(27)23(24,25)16-18(19-13-7-8-15-26-19)12-9-11-17-10-5-6-14-20(17)28-4/h5-8,10,12-15H,9,11,16H2,1-4H3. The number of aryl methyl sites for hydroxylation is 1. The van der Waals surface area contributed by atoms with Crippen LogP contribution in [0.15, 0.2) is 54.7 Å². The Balaban J connectivity index is 2.21. The molecule has 6 heteroatoms. The first-order chi connectivity index (χ1) is 13.6. The second kappa shape index (κ2) is 9.63. The zero-order valence-corrected chi connectivity index (χ0v) is 17.2. The van der Waals surface area contributed by atoms with Crippen LogP contribution in [-0.2, 0) is 16.0 Å². The highest BCUT2D eigenvalue weighted by Gasteiger charge is 2.43. The monoisotopic (exact) mass is 403 g/mol. The van der Waals surface area contributed by atoms with Gasteiger partial charge in [-0.1, -0.05) is 30.3 Å². The van der Waals surface area contributed by atoms with Crippen LogP contribution in [0.2, 0.25) is 0 Å². The summed E-state index contributed by atoms with van der Waals surface area (Å²) in [6, 6.07) is 12.7. The van der Waals surface area contributed by atoms with Crippen molar-refractivity contribution < 1.29 is 23.0 Å². The van der Waals surface area contributed by atoms with Gasteiger partial charge in [-0.05, 0) is 62.9 Å². The van der Waals surface area contributed by atoms with Crippen LogP contribution in [0.3, 0.4) is 0 Å². The molecule has 0 spiro atoms. The van der Waals surface area contributed by atoms with Gasteiger partial charge >= 0.3 is 11.9 Å². The number of allylic oxidation sites excluding steroid dienone is 2. The summed E-state index contributed by atoms with van der Waals surface area (Å²) in [6.45, 7) is 4.68. The number of alkyl halides is 2. The van der Waals surface area contributed by atoms with E-state index in [1.807, 2.05) is 24.3 Å². The lowest BCUT2D eigenvalue weighted by Gasteiger charge is -2.24. The van der Waals surface area contributed by atoms with Crippen LogP contribution in [0, 0.1) is 0 Å². The molecule has 0 aliphatic carbocycles. The van der Waals surface area contributed by atoms with Crippen LogP contribution in [-0.4, -0.2) is 29.6 Å². The molecule has 0 radical (unpaired) electrons. The third-order valence-electron chi connectivity index (χ3n) is 4.10. The van der Waals surface area contributed by atoms with Crippen molar-refractivity contribution in [2.24, 2.45) is 0 Å². The molecular formula is C23H27F2NO3. The van der Waals surface area contributed by atoms with Crippen molar-refractivity contribution >= 4 is 11.5 Å². The van der Waals surface area contributed by atoms with Gasteiger partial charge in [0.25, 0.3) is 0 Å². The molecule has 0 fully saturated rings. The van der Waals surface area contributed by atoms with Gasteiger partial charge in [-0.15, -0.1) is 0 Å². The van der Waals surface area contributed by atoms with E-state index in [1.54, 1.807) is 52.2 Å². The molecule has 4 nitrogen and oxygen atoms in total. The maximum atomic E-state index is 14.6. The molecule has 0 bridgehead atoms. The van der Waals surface area contributed by atoms with E-state index < -0.39 is 23.9 Å². The third-order valence-corrected chi connectivity index (χ3v) is 4.10. The Hall–Kier alpha value is -2.76. The number of carbonyl (C=O) groups excluding carboxylic acids is 1. The Kier molecular flexibility index (Phi) is 7.48. The van der Waals surface area contributed by atoms with Gasteiger partial charge in [-0.2, -0.15) is 8.78 Å². The summed E-state index contributed by atoms with van der Waals surface area (Å²) in [7, 11) is 1.59. The Bertz CT molecular complexity index is 843. The van der Waals surface area contributed by atoms with Gasteiger partial charge in [0, 0.05) is 12.6 Å². The van der Waals surface area contributed by atoms with Crippen LogP contribution < -0.4 is 4.74 Å². The molecule has 0 N–H and O–H groups in total. The number of pyridine rings is 1. The van der Waals surface area contributed by atoms with Crippen molar-refractivity contribution in [3.05, 3.63) is 66.0 Å². The molecule has 1 aromatic heterocycles. The van der Waals surface area contributed by atoms with Crippen LogP contribution in [0.25, 0.3) is 5.57 Å². The van der Waals surface area contributed by atoms with E-state index in [1.165, 1.54) is 6.20 Å². The molecule has 2 rings (SSSR count). The van der Waals surface area contributed by atoms with E-state index in [4.69, 9.17) is 9.47 Å². The van der Waals surface area contributed by atoms with Crippen molar-refractivity contribution in [1.82, 2.24) is 4.98 Å². The number of methoxy groups -OCH3 is 1. The molecule has 0 unspecified atom stereocenters. The van der Waals surface area contributed by atoms with E-state index >= 15 is 0 Å². The lowest BCUT2D eigenvalue weighted by atomic mass is 10.00. The summed E-state index contributed by atoms with van der Waals surface area (Å²) in [4.78, 5) is 16.2. The minimum Gasteiger partial charge on any atom is -0.496 e. The highest BCUT2D eigenvalue weighted by molar-refractivity contribution is 5.81. The van der Waals surface area contributed by atoms with Gasteiger partial charge in [0.2, 0.25) is 0 Å². The fraction of sp³-hybridized carbons (Fsp3) is 0.391. The van der Waals surface area contributed by atoms with Crippen molar-refractivity contribution in [1.29, 1.82) is 0 Å². The van der Waals surface area contributed by atoms with Crippen molar-refractivity contribution in [3.63, 3.8) is 0 Å². The summed E-state index contributed by atoms with van der Waals surface area (Å²) in [5.41, 5.74) is 0.705. The number of carbonyl (C=O) groups is 1. The van der Waals surface area contributed by atoms with Gasteiger partial charge in [-0.25, -0.2) is 4.79 Å². The first-order valence-corrected chi connectivity index (χ1v) is 9.46. The molecule has 0 aliphatic rings. The molecule has 0 atom stereocenters. The number of rotatable bonds is 8. The topological polar surface area (TPSA) is 48.4 Å². The number of benzene rings is 1. The van der Waals surface area contributed by atoms with Gasteiger partial charge in [-0.3, -0.25) is 4.98 Å². The summed E-state index contributed by atoms with van der Waals surface area (Å²) in [5, 5.41) is 0. The van der Waals surface area contributed by atoms with Crippen LogP contribution in [0.4, 0.5) is 8.78 Å². The number of esters is 1. The maximum Gasteiger partial charge on any atom is 0.377 e. The van der Waals surface area contributed by atoms with Gasteiger partial charge in [0.1, 0.15) is 11.4 Å². The van der Waals surface area contributed by atoms with Crippen molar-refractivity contribution in [2.45, 2.75) is 51.6 Å². The van der Waals surface area contributed by atoms with Crippen LogP contribution in [0.1, 0.15) is 44.9 Å². The van der Waals surface area contributed by atoms with Crippen LogP contribution in [0.5, 0.6) is 5.75 Å². The lowest BCUT2D eigenvalue weighted by molar-refractivity contribution is -0.182. The summed E-state index contributed by atoms with van der Waals surface area (Å²) in [5.74, 6) is -4.43. The fourth-order valence-corrected chi connectivity index (χ4v) is 2.80. The lowest BCUT2D eigenvalue weighted by Crippen LogP contribution is -2.37. The first-order valence-electron chi connectivity index (χ1n) is 9.46. The molecule has 29 heavy (non-hydrogen) atoms. The molecule has 1 heterocycles. The van der Waals surface area contributed by atoms with Gasteiger partial charge < -0.3 is 9.47 Å². The predicted octanol–water partition coefficient (Wildman–Crippen LogP) is 5.47. The smallest absolute Gasteiger partial charge is 0.377 e. The van der Waals surface area contributed by atoms with E-state index in [2.05, 4.69) is 4.98 Å². The summed E-state index contributed by atoms with van der Waals surface area (Å²) < 4.78 is 39.4. The molecule has 156 valence electrons. The van der Waals surface area contributed by atoms with E-state index in [9.17, 15) is 13.6 Å². The average molecular weight is 403 g/mol. The zero-order chi connectivity index (χ0) is 21.5. The SMILES string of the molecule is COc1ccccc1CCC=C(CC(F)(F)C(=O)OC(C)(C)C)c1ccccn1. The maximum absolute atomic E-state index is 14.6. The number of hydrogen-bond acceptors (Lipinski definition) is 4. The van der Waals surface area contributed by atoms with E-state index in [-0.39, 0.29) is 0 Å². The molecule has 0 amide bonds. The van der Waals surface area contributed by atoms with Gasteiger partial charge in [0.15, 0.2) is 0 Å². The minimum absolute atomic E-state index is 0.302. The van der Waals surface area contributed by atoms with E-state index in [0.717, 1.165) is 11.3 Å². The third kappa shape index (κ3) is 6.97. The molecule has 0 saturated carbocycles. The summed E-state index contributed by atoms with van der Waals surface area (Å²) in [6.07, 6.45) is 3.57. The fourth-order valence-electron chi connectivity index (χ4n) is 2.80. The van der Waals surface area contributed by atoms with Crippen LogP contribution >= 0.6 is 0 Å². The average Bonchev–Trinajstić information content (AvgIpc) is 2.67. The number of para-hydroxylation sites is 1. The Morgan fingerprint density at radius 1 is 1.10 bits per heavy atom. The van der Waals surface area contributed by atoms with E-state index in [0.29, 0.717) is 24.1 Å². The molecular weight excluding hydrogens is 376 g/mol. The second-order valence-corrected chi connectivity index (χ2v) is 7.68. The molecule has 0 saturated heterocycles. The predicted molar refractivity (Wildman–Crippen MR) is 109 cm³/mol. The molecule has 0 aliphatic heterocycles. The summed E-state index contributed by atoms with van der Waals surface area (Å²) >= 11 is 0. The van der Waals surface area contributed by atoms with Crippen molar-refractivity contribution in [3.8, 4) is 5.75 Å². The number of hydrogen-bond donors (Lipinski definition) is 0. The first kappa shape index (κ1) is 22.5. The minimum atomic E-state index is -3.65. The van der Waals surface area contributed by atoms with Crippen molar-refractivity contribution in [2.75, 3.05) is 7.11 Å². The quantitative estimate of drug-likeness (QED) is 0.548. The number of aromatic nitrogens is 1. The normalized spacial score (nSPS) is 12.6. The Labute approximate surface area is 170 Å². The number of halogens is 2. The Morgan fingerprint density at radius 2 is 1.79 bits per heavy atom. The highest BCUT2D eigenvalue weighted by Crippen LogP contribution is 2.32. The largest absolute Gasteiger partial charge is 0.496 e. The Morgan fingerprint density at radius 3 is 2.41 bits per heavy atom. The number of ether oxygens (including phenoxy) is 2. The highest BCUT2D eigenvalue weighted by atomic mass is 19.3. The molecule has 1 aromatic carbocycles. The molecule has 2 aromatic rings. The number of nitrogens with zero attached hydrogens (tertiary/aromatic N) is 1. The zero-order valence-electron chi connectivity index (χ0n) is 17.2. The second-order valence-electron chi connectivity index (χ2n) is 7.68. The van der Waals surface area contributed by atoms with Gasteiger partial charge in [0.05, 0.1) is 12.8 Å².